The quantitative estimate of drug-likeness (QED) is 0.277. The van der Waals surface area contributed by atoms with Gasteiger partial charge in [0.05, 0.1) is 18.2 Å². The molecule has 7 nitrogen and oxygen atoms in total. The Morgan fingerprint density at radius 1 is 1.40 bits per heavy atom. The van der Waals surface area contributed by atoms with Crippen LogP contribution < -0.4 is 10.1 Å². The second-order valence-electron chi connectivity index (χ2n) is 5.02. The van der Waals surface area contributed by atoms with Crippen LogP contribution in [0.15, 0.2) is 57.6 Å². The van der Waals surface area contributed by atoms with Crippen LogP contribution in [0.2, 0.25) is 0 Å². The molecule has 1 aliphatic heterocycles. The lowest BCUT2D eigenvalue weighted by atomic mass is 10.2. The maximum absolute atomic E-state index is 11.7. The minimum atomic E-state index is -0.606. The van der Waals surface area contributed by atoms with Crippen molar-refractivity contribution in [2.75, 3.05) is 13.7 Å². The maximum atomic E-state index is 11.7. The molecular formula is C17H17N3O4S. The van der Waals surface area contributed by atoms with Gasteiger partial charge in [-0.2, -0.15) is 5.10 Å². The van der Waals surface area contributed by atoms with E-state index in [-0.39, 0.29) is 10.1 Å². The second-order valence-corrected chi connectivity index (χ2v) is 6.05. The minimum Gasteiger partial charge on any atom is -0.489 e. The van der Waals surface area contributed by atoms with Crippen molar-refractivity contribution in [3.05, 3.63) is 53.0 Å². The molecule has 2 rings (SSSR count). The highest BCUT2D eigenvalue weighted by Crippen LogP contribution is 2.23. The van der Waals surface area contributed by atoms with Gasteiger partial charge in [-0.1, -0.05) is 18.7 Å². The largest absolute Gasteiger partial charge is 0.489 e. The summed E-state index contributed by atoms with van der Waals surface area (Å²) >= 11 is 1.01. The zero-order valence-electron chi connectivity index (χ0n) is 13.8. The van der Waals surface area contributed by atoms with Gasteiger partial charge < -0.3 is 9.47 Å². The van der Waals surface area contributed by atoms with Crippen LogP contribution in [-0.2, 0) is 14.3 Å². The zero-order chi connectivity index (χ0) is 18.2. The van der Waals surface area contributed by atoms with E-state index in [9.17, 15) is 9.59 Å². The van der Waals surface area contributed by atoms with Crippen LogP contribution in [0, 0.1) is 0 Å². The Morgan fingerprint density at radius 3 is 2.88 bits per heavy atom. The van der Waals surface area contributed by atoms with Crippen molar-refractivity contribution in [1.82, 2.24) is 5.32 Å². The number of esters is 1. The monoisotopic (exact) mass is 359 g/mol. The first-order chi connectivity index (χ1) is 12.0. The van der Waals surface area contributed by atoms with E-state index in [1.54, 1.807) is 0 Å². The fraction of sp³-hybridized carbons (Fsp3) is 0.176. The SMILES string of the molecule is C=C(C)COc1ccccc1C=N/N=C1/NC(=O)/C(=C\C(=O)OC)S1. The van der Waals surface area contributed by atoms with Gasteiger partial charge >= 0.3 is 5.97 Å². The molecule has 1 aromatic carbocycles. The summed E-state index contributed by atoms with van der Waals surface area (Å²) < 4.78 is 10.1. The summed E-state index contributed by atoms with van der Waals surface area (Å²) in [6.07, 6.45) is 2.63. The molecule has 25 heavy (non-hydrogen) atoms. The minimum absolute atomic E-state index is 0.200. The Hall–Kier alpha value is -2.87. The van der Waals surface area contributed by atoms with E-state index in [0.717, 1.165) is 29.0 Å². The van der Waals surface area contributed by atoms with Gasteiger partial charge in [0, 0.05) is 11.6 Å². The number of hydrogen-bond donors (Lipinski definition) is 1. The number of amidine groups is 1. The average Bonchev–Trinajstić information content (AvgIpc) is 2.93. The van der Waals surface area contributed by atoms with Gasteiger partial charge in [0.2, 0.25) is 0 Å². The molecule has 130 valence electrons. The summed E-state index contributed by atoms with van der Waals surface area (Å²) in [5.74, 6) is -0.371. The lowest BCUT2D eigenvalue weighted by Crippen LogP contribution is -2.19. The van der Waals surface area contributed by atoms with Crippen LogP contribution in [0.25, 0.3) is 0 Å². The highest BCUT2D eigenvalue weighted by molar-refractivity contribution is 8.18. The van der Waals surface area contributed by atoms with Gasteiger partial charge in [0.1, 0.15) is 12.4 Å². The molecule has 1 saturated heterocycles. The third kappa shape index (κ3) is 5.61. The van der Waals surface area contributed by atoms with Gasteiger partial charge in [0.15, 0.2) is 5.17 Å². The molecule has 8 heteroatoms. The number of ether oxygens (including phenoxy) is 2. The first-order valence-corrected chi connectivity index (χ1v) is 8.07. The summed E-state index contributed by atoms with van der Waals surface area (Å²) in [5, 5.41) is 10.7. The topological polar surface area (TPSA) is 89.4 Å². The van der Waals surface area contributed by atoms with Crippen LogP contribution in [0.1, 0.15) is 12.5 Å². The van der Waals surface area contributed by atoms with E-state index in [1.165, 1.54) is 13.3 Å². The van der Waals surface area contributed by atoms with Crippen molar-refractivity contribution >= 4 is 35.0 Å². The average molecular weight is 359 g/mol. The summed E-state index contributed by atoms with van der Waals surface area (Å²) in [5.41, 5.74) is 1.65. The molecule has 0 aliphatic carbocycles. The Morgan fingerprint density at radius 2 is 2.16 bits per heavy atom. The van der Waals surface area contributed by atoms with Crippen LogP contribution in [0.4, 0.5) is 0 Å². The molecule has 1 heterocycles. The Labute approximate surface area is 149 Å². The van der Waals surface area contributed by atoms with Gasteiger partial charge in [-0.05, 0) is 36.4 Å². The van der Waals surface area contributed by atoms with Crippen LogP contribution in [0.3, 0.4) is 0 Å². The van der Waals surface area contributed by atoms with Gasteiger partial charge in [0.25, 0.3) is 5.91 Å². The third-order valence-corrected chi connectivity index (χ3v) is 3.74. The number of thioether (sulfide) groups is 1. The van der Waals surface area contributed by atoms with Crippen LogP contribution >= 0.6 is 11.8 Å². The molecule has 1 fully saturated rings. The number of rotatable bonds is 6. The number of para-hydroxylation sites is 1. The summed E-state index contributed by atoms with van der Waals surface area (Å²) in [6, 6.07) is 7.36. The van der Waals surface area contributed by atoms with Crippen LogP contribution in [-0.4, -0.2) is 37.0 Å². The Kier molecular flexibility index (Phi) is 6.53. The summed E-state index contributed by atoms with van der Waals surface area (Å²) in [7, 11) is 1.24. The molecular weight excluding hydrogens is 342 g/mol. The van der Waals surface area contributed by atoms with Crippen molar-refractivity contribution in [2.45, 2.75) is 6.92 Å². The molecule has 0 saturated carbocycles. The number of methoxy groups -OCH3 is 1. The number of amides is 1. The van der Waals surface area contributed by atoms with Crippen molar-refractivity contribution in [3.8, 4) is 5.75 Å². The molecule has 0 spiro atoms. The van der Waals surface area contributed by atoms with Crippen molar-refractivity contribution in [2.24, 2.45) is 10.2 Å². The molecule has 0 aromatic heterocycles. The predicted octanol–water partition coefficient (Wildman–Crippen LogP) is 2.25. The van der Waals surface area contributed by atoms with E-state index < -0.39 is 11.9 Å². The first kappa shape index (κ1) is 18.5. The third-order valence-electron chi connectivity index (χ3n) is 2.84. The number of benzene rings is 1. The molecule has 1 N–H and O–H groups in total. The lowest BCUT2D eigenvalue weighted by molar-refractivity contribution is -0.135. The van der Waals surface area contributed by atoms with E-state index in [1.807, 2.05) is 31.2 Å². The molecule has 0 bridgehead atoms. The molecule has 0 unspecified atom stereocenters. The summed E-state index contributed by atoms with van der Waals surface area (Å²) in [6.45, 7) is 6.08. The van der Waals surface area contributed by atoms with Crippen LogP contribution in [0.5, 0.6) is 5.75 Å². The first-order valence-electron chi connectivity index (χ1n) is 7.25. The lowest BCUT2D eigenvalue weighted by Gasteiger charge is -2.07. The van der Waals surface area contributed by atoms with Gasteiger partial charge in [-0.3, -0.25) is 10.1 Å². The second kappa shape index (κ2) is 8.84. The van der Waals surface area contributed by atoms with E-state index >= 15 is 0 Å². The molecule has 0 atom stereocenters. The van der Waals surface area contributed by atoms with E-state index in [0.29, 0.717) is 12.4 Å². The maximum Gasteiger partial charge on any atom is 0.331 e. The van der Waals surface area contributed by atoms with Gasteiger partial charge in [-0.25, -0.2) is 4.79 Å². The number of carbonyl (C=O) groups is 2. The molecule has 0 radical (unpaired) electrons. The Bertz CT molecular complexity index is 784. The Balaban J connectivity index is 2.07. The summed E-state index contributed by atoms with van der Waals surface area (Å²) in [4.78, 5) is 23.1. The van der Waals surface area contributed by atoms with Gasteiger partial charge in [-0.15, -0.1) is 5.10 Å². The van der Waals surface area contributed by atoms with Crippen molar-refractivity contribution in [3.63, 3.8) is 0 Å². The van der Waals surface area contributed by atoms with E-state index in [4.69, 9.17) is 4.74 Å². The standard InChI is InChI=1S/C17H17N3O4S/c1-11(2)10-24-13-7-5-4-6-12(13)9-18-20-17-19-16(22)14(25-17)8-15(21)23-3/h4-9H,1,10H2,2-3H3,(H,19,20,22)/b14-8+,18-9?. The number of hydrogen-bond acceptors (Lipinski definition) is 7. The van der Waals surface area contributed by atoms with Crippen molar-refractivity contribution in [1.29, 1.82) is 0 Å². The fourth-order valence-electron chi connectivity index (χ4n) is 1.70. The fourth-order valence-corrected chi connectivity index (χ4v) is 2.44. The molecule has 1 aliphatic rings. The predicted molar refractivity (Wildman–Crippen MR) is 97.6 cm³/mol. The molecule has 1 amide bonds. The molecule has 1 aromatic rings. The zero-order valence-corrected chi connectivity index (χ0v) is 14.6. The highest BCUT2D eigenvalue weighted by Gasteiger charge is 2.24. The smallest absolute Gasteiger partial charge is 0.331 e. The highest BCUT2D eigenvalue weighted by atomic mass is 32.2. The number of carbonyl (C=O) groups excluding carboxylic acids is 2. The normalized spacial score (nSPS) is 17.1. The van der Waals surface area contributed by atoms with Crippen molar-refractivity contribution < 1.29 is 19.1 Å². The number of nitrogens with one attached hydrogen (secondary N) is 1. The van der Waals surface area contributed by atoms with E-state index in [2.05, 4.69) is 26.8 Å². The number of nitrogens with zero attached hydrogens (tertiary/aromatic N) is 2.